The number of aromatic nitrogens is 3. The fourth-order valence-electron chi connectivity index (χ4n) is 3.49. The van der Waals surface area contributed by atoms with Crippen LogP contribution in [0.15, 0.2) is 79.3 Å². The lowest BCUT2D eigenvalue weighted by Gasteiger charge is -2.21. The molecule has 0 aliphatic heterocycles. The molecule has 0 unspecified atom stereocenters. The molecule has 4 rings (SSSR count). The van der Waals surface area contributed by atoms with E-state index >= 15 is 0 Å². The van der Waals surface area contributed by atoms with E-state index in [9.17, 15) is 4.79 Å². The minimum atomic E-state index is 0.0171. The van der Waals surface area contributed by atoms with Crippen molar-refractivity contribution >= 4 is 16.8 Å². The summed E-state index contributed by atoms with van der Waals surface area (Å²) in [6, 6.07) is 20.0. The van der Waals surface area contributed by atoms with Crippen LogP contribution in [0.25, 0.3) is 10.9 Å². The highest BCUT2D eigenvalue weighted by molar-refractivity contribution is 5.93. The lowest BCUT2D eigenvalue weighted by molar-refractivity contribution is 0.0941. The molecule has 5 heteroatoms. The Balaban J connectivity index is 1.67. The number of para-hydroxylation sites is 1. The van der Waals surface area contributed by atoms with Crippen molar-refractivity contribution in [1.29, 1.82) is 0 Å². The molecule has 0 atom stereocenters. The Kier molecular flexibility index (Phi) is 5.26. The first-order chi connectivity index (χ1) is 13.7. The van der Waals surface area contributed by atoms with Crippen LogP contribution >= 0.6 is 0 Å². The first-order valence-corrected chi connectivity index (χ1v) is 9.33. The Hall–Kier alpha value is -3.31. The average Bonchev–Trinajstić information content (AvgIpc) is 3.08. The average molecular weight is 370 g/mol. The van der Waals surface area contributed by atoms with E-state index < -0.39 is 0 Å². The first-order valence-electron chi connectivity index (χ1n) is 9.33. The molecule has 3 aromatic heterocycles. The maximum atomic E-state index is 12.1. The molecule has 0 amide bonds. The van der Waals surface area contributed by atoms with Crippen LogP contribution in [-0.2, 0) is 19.6 Å². The van der Waals surface area contributed by atoms with Gasteiger partial charge in [0, 0.05) is 50.5 Å². The number of fused-ring (bicyclic) bond motifs is 1. The summed E-state index contributed by atoms with van der Waals surface area (Å²) in [5.74, 6) is 0.0171. The quantitative estimate of drug-likeness (QED) is 0.508. The Labute approximate surface area is 164 Å². The molecular weight excluding hydrogens is 348 g/mol. The van der Waals surface area contributed by atoms with Gasteiger partial charge in [-0.25, -0.2) is 0 Å². The smallest absolute Gasteiger partial charge is 0.227 e. The summed E-state index contributed by atoms with van der Waals surface area (Å²) in [6.07, 6.45) is 5.59. The van der Waals surface area contributed by atoms with Crippen LogP contribution in [0.2, 0.25) is 0 Å². The van der Waals surface area contributed by atoms with Crippen molar-refractivity contribution in [1.82, 2.24) is 19.4 Å². The summed E-state index contributed by atoms with van der Waals surface area (Å²) in [5, 5.41) is 1.10. The Morgan fingerprint density at radius 3 is 2.04 bits per heavy atom. The highest BCUT2D eigenvalue weighted by Crippen LogP contribution is 2.24. The van der Waals surface area contributed by atoms with Crippen molar-refractivity contribution in [2.45, 2.75) is 26.6 Å². The van der Waals surface area contributed by atoms with Crippen molar-refractivity contribution in [3.05, 3.63) is 96.2 Å². The van der Waals surface area contributed by atoms with Crippen LogP contribution < -0.4 is 0 Å². The van der Waals surface area contributed by atoms with Gasteiger partial charge in [0.15, 0.2) is 0 Å². The number of carbonyl (C=O) groups is 1. The van der Waals surface area contributed by atoms with Gasteiger partial charge < -0.3 is 0 Å². The zero-order valence-electron chi connectivity index (χ0n) is 15.8. The van der Waals surface area contributed by atoms with Crippen LogP contribution in [0.3, 0.4) is 0 Å². The topological polar surface area (TPSA) is 51.0 Å². The van der Waals surface area contributed by atoms with Gasteiger partial charge in [-0.2, -0.15) is 0 Å². The molecule has 0 bridgehead atoms. The van der Waals surface area contributed by atoms with Gasteiger partial charge in [0.25, 0.3) is 0 Å². The van der Waals surface area contributed by atoms with E-state index in [1.54, 1.807) is 11.5 Å². The second-order valence-corrected chi connectivity index (χ2v) is 6.85. The Bertz CT molecular complexity index is 1030. The summed E-state index contributed by atoms with van der Waals surface area (Å²) in [7, 11) is 0. The molecule has 0 saturated heterocycles. The normalized spacial score (nSPS) is 11.2. The maximum absolute atomic E-state index is 12.1. The largest absolute Gasteiger partial charge is 0.287 e. The Morgan fingerprint density at radius 2 is 1.46 bits per heavy atom. The lowest BCUT2D eigenvalue weighted by atomic mass is 10.1. The molecule has 4 aromatic rings. The van der Waals surface area contributed by atoms with Crippen molar-refractivity contribution in [3.8, 4) is 0 Å². The highest BCUT2D eigenvalue weighted by Gasteiger charge is 2.15. The van der Waals surface area contributed by atoms with E-state index in [1.807, 2.05) is 73.2 Å². The minimum Gasteiger partial charge on any atom is -0.287 e. The molecular formula is C23H22N4O. The first kappa shape index (κ1) is 18.1. The number of carbonyl (C=O) groups excluding carboxylic acids is 1. The van der Waals surface area contributed by atoms with Gasteiger partial charge in [0.05, 0.1) is 16.9 Å². The van der Waals surface area contributed by atoms with E-state index in [2.05, 4.69) is 20.9 Å². The summed E-state index contributed by atoms with van der Waals surface area (Å²) in [4.78, 5) is 23.3. The molecule has 5 nitrogen and oxygen atoms in total. The molecule has 0 aliphatic carbocycles. The molecule has 0 N–H and O–H groups in total. The molecule has 28 heavy (non-hydrogen) atoms. The summed E-state index contributed by atoms with van der Waals surface area (Å²) in [5.41, 5.74) is 4.08. The molecule has 1 aromatic carbocycles. The number of benzene rings is 1. The maximum Gasteiger partial charge on any atom is 0.227 e. The fraction of sp³-hybridized carbons (Fsp3) is 0.174. The zero-order chi connectivity index (χ0) is 19.3. The van der Waals surface area contributed by atoms with Crippen LogP contribution in [0.4, 0.5) is 0 Å². The SMILES string of the molecule is CC(=O)n1cc(CN(Cc2ccccn2)Cc2ccccn2)c2ccccc21. The van der Waals surface area contributed by atoms with Crippen LogP contribution in [0.1, 0.15) is 28.7 Å². The van der Waals surface area contributed by atoms with Gasteiger partial charge >= 0.3 is 0 Å². The third-order valence-corrected chi connectivity index (χ3v) is 4.75. The van der Waals surface area contributed by atoms with Gasteiger partial charge in [-0.3, -0.25) is 24.2 Å². The van der Waals surface area contributed by atoms with Gasteiger partial charge in [0.1, 0.15) is 0 Å². The molecule has 3 heterocycles. The van der Waals surface area contributed by atoms with E-state index in [0.29, 0.717) is 19.6 Å². The van der Waals surface area contributed by atoms with Gasteiger partial charge in [-0.05, 0) is 35.9 Å². The Morgan fingerprint density at radius 1 is 0.857 bits per heavy atom. The van der Waals surface area contributed by atoms with Crippen molar-refractivity contribution in [2.75, 3.05) is 0 Å². The van der Waals surface area contributed by atoms with Gasteiger partial charge in [-0.15, -0.1) is 0 Å². The molecule has 0 radical (unpaired) electrons. The van der Waals surface area contributed by atoms with Crippen molar-refractivity contribution < 1.29 is 4.79 Å². The minimum absolute atomic E-state index is 0.0171. The number of rotatable bonds is 6. The third-order valence-electron chi connectivity index (χ3n) is 4.75. The van der Waals surface area contributed by atoms with Crippen LogP contribution in [0, 0.1) is 0 Å². The lowest BCUT2D eigenvalue weighted by Crippen LogP contribution is -2.23. The van der Waals surface area contributed by atoms with Crippen molar-refractivity contribution in [2.24, 2.45) is 0 Å². The zero-order valence-corrected chi connectivity index (χ0v) is 15.8. The number of hydrogen-bond acceptors (Lipinski definition) is 4. The van der Waals surface area contributed by atoms with Crippen LogP contribution in [-0.4, -0.2) is 25.3 Å². The van der Waals surface area contributed by atoms with E-state index in [0.717, 1.165) is 27.9 Å². The van der Waals surface area contributed by atoms with E-state index in [4.69, 9.17) is 0 Å². The summed E-state index contributed by atoms with van der Waals surface area (Å²) in [6.45, 7) is 3.71. The van der Waals surface area contributed by atoms with Gasteiger partial charge in [-0.1, -0.05) is 30.3 Å². The predicted octanol–water partition coefficient (Wildman–Crippen LogP) is 4.29. The van der Waals surface area contributed by atoms with Gasteiger partial charge in [0.2, 0.25) is 5.91 Å². The standard InChI is InChI=1S/C23H22N4O/c1-18(28)27-15-19(22-10-2-3-11-23(22)27)14-26(16-20-8-4-6-12-24-20)17-21-9-5-7-13-25-21/h2-13,15H,14,16-17H2,1H3. The fourth-order valence-corrected chi connectivity index (χ4v) is 3.49. The summed E-state index contributed by atoms with van der Waals surface area (Å²) >= 11 is 0. The number of pyridine rings is 2. The van der Waals surface area contributed by atoms with Crippen LogP contribution in [0.5, 0.6) is 0 Å². The third kappa shape index (κ3) is 4.00. The summed E-state index contributed by atoms with van der Waals surface area (Å²) < 4.78 is 1.73. The molecule has 0 spiro atoms. The molecule has 0 fully saturated rings. The molecule has 0 aliphatic rings. The number of nitrogens with zero attached hydrogens (tertiary/aromatic N) is 4. The second-order valence-electron chi connectivity index (χ2n) is 6.85. The van der Waals surface area contributed by atoms with E-state index in [1.165, 1.54) is 0 Å². The predicted molar refractivity (Wildman–Crippen MR) is 110 cm³/mol. The van der Waals surface area contributed by atoms with E-state index in [-0.39, 0.29) is 5.91 Å². The monoisotopic (exact) mass is 370 g/mol. The second kappa shape index (κ2) is 8.15. The van der Waals surface area contributed by atoms with Crippen molar-refractivity contribution in [3.63, 3.8) is 0 Å². The number of hydrogen-bond donors (Lipinski definition) is 0. The molecule has 140 valence electrons. The highest BCUT2D eigenvalue weighted by atomic mass is 16.1. The molecule has 0 saturated carbocycles.